The molecule has 0 bridgehead atoms. The maximum absolute atomic E-state index is 5.86. The van der Waals surface area contributed by atoms with Crippen molar-refractivity contribution in [3.05, 3.63) is 34.9 Å². The highest BCUT2D eigenvalue weighted by Crippen LogP contribution is 2.27. The number of nitrogens with zero attached hydrogens (tertiary/aromatic N) is 3. The molecule has 0 aromatic heterocycles. The molecule has 6 nitrogen and oxygen atoms in total. The Bertz CT molecular complexity index is 752. The number of rotatable bonds is 3. The Hall–Kier alpha value is -2.37. The zero-order valence-corrected chi connectivity index (χ0v) is 16.9. The Morgan fingerprint density at radius 1 is 0.556 bits per heavy atom. The van der Waals surface area contributed by atoms with Gasteiger partial charge in [-0.3, -0.25) is 0 Å². The Balaban J connectivity index is 1.81. The van der Waals surface area contributed by atoms with E-state index in [2.05, 4.69) is 41.5 Å². The van der Waals surface area contributed by atoms with Crippen molar-refractivity contribution in [2.24, 2.45) is 15.0 Å². The maximum atomic E-state index is 5.86. The second-order valence-electron chi connectivity index (χ2n) is 9.35. The van der Waals surface area contributed by atoms with Gasteiger partial charge in [-0.2, -0.15) is 0 Å². The molecule has 0 N–H and O–H groups in total. The van der Waals surface area contributed by atoms with E-state index in [-0.39, 0.29) is 16.6 Å². The number of aliphatic imine (C=N–C) groups is 3. The Kier molecular flexibility index (Phi) is 3.88. The molecular formula is C21H27N3O3. The van der Waals surface area contributed by atoms with Gasteiger partial charge in [0.05, 0.1) is 16.6 Å². The summed E-state index contributed by atoms with van der Waals surface area (Å²) in [5.74, 6) is 1.91. The standard InChI is InChI=1S/C21H27N3O3/c1-19(2)10-25-16(22-19)13-7-14(17-23-20(3,4)11-26-17)9-15(8-13)18-24-21(5,6)12-27-18/h7-9H,10-12H2,1-6H3. The first-order valence-electron chi connectivity index (χ1n) is 9.36. The van der Waals surface area contributed by atoms with Crippen molar-refractivity contribution in [3.63, 3.8) is 0 Å². The molecule has 0 radical (unpaired) electrons. The molecule has 0 saturated carbocycles. The summed E-state index contributed by atoms with van der Waals surface area (Å²) in [5, 5.41) is 0. The van der Waals surface area contributed by atoms with Crippen LogP contribution >= 0.6 is 0 Å². The summed E-state index contributed by atoms with van der Waals surface area (Å²) in [6.45, 7) is 14.1. The number of hydrogen-bond acceptors (Lipinski definition) is 6. The van der Waals surface area contributed by atoms with Crippen molar-refractivity contribution in [2.75, 3.05) is 19.8 Å². The van der Waals surface area contributed by atoms with Gasteiger partial charge in [0, 0.05) is 16.7 Å². The van der Waals surface area contributed by atoms with E-state index in [0.717, 1.165) is 16.7 Å². The second kappa shape index (κ2) is 5.81. The van der Waals surface area contributed by atoms with Crippen LogP contribution in [0.4, 0.5) is 0 Å². The second-order valence-corrected chi connectivity index (χ2v) is 9.35. The van der Waals surface area contributed by atoms with Crippen LogP contribution in [0.15, 0.2) is 33.2 Å². The molecule has 144 valence electrons. The van der Waals surface area contributed by atoms with Crippen LogP contribution in [0.25, 0.3) is 0 Å². The van der Waals surface area contributed by atoms with Gasteiger partial charge in [0.1, 0.15) is 19.8 Å². The summed E-state index contributed by atoms with van der Waals surface area (Å²) >= 11 is 0. The van der Waals surface area contributed by atoms with E-state index < -0.39 is 0 Å². The molecule has 1 aromatic carbocycles. The minimum atomic E-state index is -0.224. The quantitative estimate of drug-likeness (QED) is 0.821. The fraction of sp³-hybridized carbons (Fsp3) is 0.571. The third-order valence-corrected chi connectivity index (χ3v) is 4.57. The van der Waals surface area contributed by atoms with E-state index in [9.17, 15) is 0 Å². The van der Waals surface area contributed by atoms with Crippen LogP contribution < -0.4 is 0 Å². The molecule has 0 spiro atoms. The number of ether oxygens (including phenoxy) is 3. The summed E-state index contributed by atoms with van der Waals surface area (Å²) in [6, 6.07) is 6.06. The molecule has 6 heteroatoms. The Morgan fingerprint density at radius 2 is 0.815 bits per heavy atom. The molecule has 3 aliphatic heterocycles. The highest BCUT2D eigenvalue weighted by Gasteiger charge is 2.32. The summed E-state index contributed by atoms with van der Waals surface area (Å²) in [4.78, 5) is 14.1. The van der Waals surface area contributed by atoms with E-state index in [1.165, 1.54) is 0 Å². The smallest absolute Gasteiger partial charge is 0.216 e. The van der Waals surface area contributed by atoms with Gasteiger partial charge >= 0.3 is 0 Å². The van der Waals surface area contributed by atoms with Crippen LogP contribution in [0.2, 0.25) is 0 Å². The lowest BCUT2D eigenvalue weighted by atomic mass is 10.0. The molecule has 27 heavy (non-hydrogen) atoms. The van der Waals surface area contributed by atoms with Crippen molar-refractivity contribution in [3.8, 4) is 0 Å². The highest BCUT2D eigenvalue weighted by molar-refractivity contribution is 6.05. The molecule has 4 rings (SSSR count). The van der Waals surface area contributed by atoms with E-state index in [1.54, 1.807) is 0 Å². The first-order valence-corrected chi connectivity index (χ1v) is 9.36. The van der Waals surface area contributed by atoms with Crippen LogP contribution in [0.1, 0.15) is 58.2 Å². The average Bonchev–Trinajstić information content (AvgIpc) is 3.23. The molecule has 0 fully saturated rings. The lowest BCUT2D eigenvalue weighted by Gasteiger charge is -2.10. The first kappa shape index (κ1) is 18.0. The molecule has 3 heterocycles. The van der Waals surface area contributed by atoms with Gasteiger partial charge in [-0.05, 0) is 59.7 Å². The molecule has 0 saturated heterocycles. The van der Waals surface area contributed by atoms with Crippen molar-refractivity contribution in [1.29, 1.82) is 0 Å². The lowest BCUT2D eigenvalue weighted by molar-refractivity contribution is 0.278. The molecule has 1 aromatic rings. The highest BCUT2D eigenvalue weighted by atomic mass is 16.5. The van der Waals surface area contributed by atoms with Crippen molar-refractivity contribution in [2.45, 2.75) is 58.2 Å². The van der Waals surface area contributed by atoms with Gasteiger partial charge in [-0.1, -0.05) is 0 Å². The van der Waals surface area contributed by atoms with Crippen molar-refractivity contribution >= 4 is 17.7 Å². The normalized spacial score (nSPS) is 24.4. The molecule has 0 aliphatic carbocycles. The monoisotopic (exact) mass is 369 g/mol. The van der Waals surface area contributed by atoms with E-state index in [4.69, 9.17) is 29.2 Å². The zero-order chi connectivity index (χ0) is 19.4. The van der Waals surface area contributed by atoms with Crippen LogP contribution in [0.5, 0.6) is 0 Å². The molecule has 0 amide bonds. The van der Waals surface area contributed by atoms with Crippen molar-refractivity contribution in [1.82, 2.24) is 0 Å². The fourth-order valence-corrected chi connectivity index (χ4v) is 3.19. The summed E-state index contributed by atoms with van der Waals surface area (Å²) in [5.41, 5.74) is 1.99. The fourth-order valence-electron chi connectivity index (χ4n) is 3.19. The van der Waals surface area contributed by atoms with Crippen molar-refractivity contribution < 1.29 is 14.2 Å². The van der Waals surface area contributed by atoms with Gasteiger partial charge in [0.2, 0.25) is 17.7 Å². The molecular weight excluding hydrogens is 342 g/mol. The zero-order valence-electron chi connectivity index (χ0n) is 16.9. The molecule has 0 atom stereocenters. The third kappa shape index (κ3) is 3.70. The molecule has 3 aliphatic rings. The minimum Gasteiger partial charge on any atom is -0.475 e. The topological polar surface area (TPSA) is 64.8 Å². The van der Waals surface area contributed by atoms with Crippen LogP contribution in [-0.4, -0.2) is 54.1 Å². The van der Waals surface area contributed by atoms with Crippen LogP contribution in [0.3, 0.4) is 0 Å². The average molecular weight is 369 g/mol. The minimum absolute atomic E-state index is 0.224. The van der Waals surface area contributed by atoms with E-state index in [0.29, 0.717) is 37.5 Å². The largest absolute Gasteiger partial charge is 0.475 e. The van der Waals surface area contributed by atoms with Crippen LogP contribution in [-0.2, 0) is 14.2 Å². The van der Waals surface area contributed by atoms with Gasteiger partial charge < -0.3 is 14.2 Å². The third-order valence-electron chi connectivity index (χ3n) is 4.57. The number of hydrogen-bond donors (Lipinski definition) is 0. The van der Waals surface area contributed by atoms with Crippen LogP contribution in [0, 0.1) is 0 Å². The number of benzene rings is 1. The van der Waals surface area contributed by atoms with Gasteiger partial charge in [-0.15, -0.1) is 0 Å². The predicted octanol–water partition coefficient (Wildman–Crippen LogP) is 3.35. The van der Waals surface area contributed by atoms with Gasteiger partial charge in [0.25, 0.3) is 0 Å². The molecule has 0 unspecified atom stereocenters. The maximum Gasteiger partial charge on any atom is 0.216 e. The van der Waals surface area contributed by atoms with E-state index in [1.807, 2.05) is 18.2 Å². The SMILES string of the molecule is CC1(C)COC(c2cc(C3=NC(C)(C)CO3)cc(C3=NC(C)(C)CO3)c2)=N1. The summed E-state index contributed by atoms with van der Waals surface area (Å²) < 4.78 is 17.6. The lowest BCUT2D eigenvalue weighted by Crippen LogP contribution is -2.17. The first-order chi connectivity index (χ1) is 12.5. The van der Waals surface area contributed by atoms with Gasteiger partial charge in [0.15, 0.2) is 0 Å². The van der Waals surface area contributed by atoms with E-state index >= 15 is 0 Å². The summed E-state index contributed by atoms with van der Waals surface area (Å²) in [6.07, 6.45) is 0. The summed E-state index contributed by atoms with van der Waals surface area (Å²) in [7, 11) is 0. The van der Waals surface area contributed by atoms with Gasteiger partial charge in [-0.25, -0.2) is 15.0 Å². The Labute approximate surface area is 160 Å². The Morgan fingerprint density at radius 3 is 1.00 bits per heavy atom. The predicted molar refractivity (Wildman–Crippen MR) is 106 cm³/mol.